The fourth-order valence-electron chi connectivity index (χ4n) is 2.00. The molecule has 0 aliphatic heterocycles. The normalized spacial score (nSPS) is 12.7. The molecule has 0 spiro atoms. The van der Waals surface area contributed by atoms with Crippen molar-refractivity contribution in [2.75, 3.05) is 33.1 Å². The largest absolute Gasteiger partial charge is 0.465 e. The van der Waals surface area contributed by atoms with Gasteiger partial charge in [0.15, 0.2) is 6.04 Å². The number of nitrogens with zero attached hydrogens (tertiary/aromatic N) is 1. The Morgan fingerprint density at radius 3 is 2.45 bits per heavy atom. The van der Waals surface area contributed by atoms with Crippen LogP contribution in [0.15, 0.2) is 12.1 Å². The molecule has 0 radical (unpaired) electrons. The first-order chi connectivity index (χ1) is 10.1. The Morgan fingerprint density at radius 1 is 1.36 bits per heavy atom. The van der Waals surface area contributed by atoms with Crippen LogP contribution < -0.4 is 5.32 Å². The number of rotatable bonds is 5. The molecule has 0 aliphatic rings. The molecule has 1 aromatic rings. The fourth-order valence-corrected chi connectivity index (χ4v) is 2.27. The molecular formula is C16H24ClN2O3+. The number of hydrogen-bond acceptors (Lipinski definition) is 3. The fraction of sp³-hybridized carbons (Fsp3) is 0.500. The van der Waals surface area contributed by atoms with Gasteiger partial charge in [0, 0.05) is 5.02 Å². The molecule has 1 amide bonds. The van der Waals surface area contributed by atoms with Gasteiger partial charge in [-0.1, -0.05) is 11.6 Å². The molecule has 0 bridgehead atoms. The zero-order chi connectivity index (χ0) is 17.1. The number of benzene rings is 1. The number of hydrogen-bond donors (Lipinski definition) is 1. The van der Waals surface area contributed by atoms with E-state index < -0.39 is 5.97 Å². The summed E-state index contributed by atoms with van der Waals surface area (Å²) >= 11 is 5.99. The van der Waals surface area contributed by atoms with Gasteiger partial charge in [0.1, 0.15) is 0 Å². The SMILES string of the molecule is CC[N+](C)(C)C(C)C(=O)Nc1c(C)cc(Cl)cc1C(=O)OC. The molecule has 0 saturated heterocycles. The molecular weight excluding hydrogens is 304 g/mol. The standard InChI is InChI=1S/C16H23ClN2O3/c1-7-19(4,5)11(3)15(20)18-14-10(2)8-12(17)9-13(14)16(21)22-6/h8-9,11H,7H2,1-6H3/p+1. The summed E-state index contributed by atoms with van der Waals surface area (Å²) in [6.07, 6.45) is 0. The molecule has 22 heavy (non-hydrogen) atoms. The Hall–Kier alpha value is -1.59. The smallest absolute Gasteiger partial charge is 0.340 e. The first-order valence-electron chi connectivity index (χ1n) is 7.16. The maximum absolute atomic E-state index is 12.5. The molecule has 0 heterocycles. The van der Waals surface area contributed by atoms with Crippen LogP contribution in [0.4, 0.5) is 5.69 Å². The van der Waals surface area contributed by atoms with Crippen molar-refractivity contribution in [3.05, 3.63) is 28.3 Å². The number of halogens is 1. The number of methoxy groups -OCH3 is 1. The molecule has 1 N–H and O–H groups in total. The molecule has 0 aromatic heterocycles. The second kappa shape index (κ2) is 7.11. The molecule has 0 saturated carbocycles. The summed E-state index contributed by atoms with van der Waals surface area (Å²) in [7, 11) is 5.27. The first kappa shape index (κ1) is 18.5. The number of esters is 1. The van der Waals surface area contributed by atoms with Gasteiger partial charge in [0.05, 0.1) is 39.0 Å². The van der Waals surface area contributed by atoms with Gasteiger partial charge in [-0.2, -0.15) is 0 Å². The molecule has 1 rings (SSSR count). The lowest BCUT2D eigenvalue weighted by Crippen LogP contribution is -2.52. The van der Waals surface area contributed by atoms with Gasteiger partial charge in [-0.15, -0.1) is 0 Å². The third-order valence-corrected chi connectivity index (χ3v) is 4.41. The van der Waals surface area contributed by atoms with Crippen molar-refractivity contribution in [2.45, 2.75) is 26.8 Å². The highest BCUT2D eigenvalue weighted by atomic mass is 35.5. The maximum Gasteiger partial charge on any atom is 0.340 e. The zero-order valence-corrected chi connectivity index (χ0v) is 14.7. The highest BCUT2D eigenvalue weighted by Gasteiger charge is 2.30. The van der Waals surface area contributed by atoms with Gasteiger partial charge in [0.2, 0.25) is 0 Å². The van der Waals surface area contributed by atoms with Crippen LogP contribution in [0.2, 0.25) is 5.02 Å². The zero-order valence-electron chi connectivity index (χ0n) is 14.0. The van der Waals surface area contributed by atoms with E-state index in [1.54, 1.807) is 13.0 Å². The third kappa shape index (κ3) is 3.99. The van der Waals surface area contributed by atoms with Crippen molar-refractivity contribution < 1.29 is 18.8 Å². The van der Waals surface area contributed by atoms with Crippen LogP contribution in [0.5, 0.6) is 0 Å². The lowest BCUT2D eigenvalue weighted by Gasteiger charge is -2.34. The van der Waals surface area contributed by atoms with Gasteiger partial charge in [-0.05, 0) is 38.5 Å². The van der Waals surface area contributed by atoms with Crippen molar-refractivity contribution >= 4 is 29.2 Å². The summed E-state index contributed by atoms with van der Waals surface area (Å²) in [5.41, 5.74) is 1.43. The van der Waals surface area contributed by atoms with Gasteiger partial charge in [0.25, 0.3) is 5.91 Å². The third-order valence-electron chi connectivity index (χ3n) is 4.20. The monoisotopic (exact) mass is 327 g/mol. The summed E-state index contributed by atoms with van der Waals surface area (Å²) in [5, 5.41) is 3.27. The van der Waals surface area contributed by atoms with E-state index in [-0.39, 0.29) is 17.5 Å². The number of ether oxygens (including phenoxy) is 1. The Kier molecular flexibility index (Phi) is 5.97. The number of carbonyl (C=O) groups excluding carboxylic acids is 2. The number of aryl methyl sites for hydroxylation is 1. The number of nitrogens with one attached hydrogen (secondary N) is 1. The van der Waals surface area contributed by atoms with E-state index in [1.165, 1.54) is 13.2 Å². The molecule has 1 unspecified atom stereocenters. The number of quaternary nitrogens is 1. The van der Waals surface area contributed by atoms with E-state index in [0.29, 0.717) is 15.2 Å². The predicted molar refractivity (Wildman–Crippen MR) is 88.3 cm³/mol. The van der Waals surface area contributed by atoms with E-state index in [1.807, 2.05) is 27.9 Å². The molecule has 1 aromatic carbocycles. The maximum atomic E-state index is 12.5. The van der Waals surface area contributed by atoms with Gasteiger partial charge < -0.3 is 14.5 Å². The average molecular weight is 328 g/mol. The van der Waals surface area contributed by atoms with Crippen LogP contribution in [0, 0.1) is 6.92 Å². The molecule has 0 aliphatic carbocycles. The quantitative estimate of drug-likeness (QED) is 0.668. The van der Waals surface area contributed by atoms with E-state index in [0.717, 1.165) is 12.1 Å². The summed E-state index contributed by atoms with van der Waals surface area (Å²) in [5.74, 6) is -0.680. The molecule has 122 valence electrons. The Balaban J connectivity index is 3.17. The van der Waals surface area contributed by atoms with Gasteiger partial charge in [-0.3, -0.25) is 4.79 Å². The van der Waals surface area contributed by atoms with Crippen molar-refractivity contribution in [3.63, 3.8) is 0 Å². The minimum Gasteiger partial charge on any atom is -0.465 e. The molecule has 5 nitrogen and oxygen atoms in total. The highest BCUT2D eigenvalue weighted by Crippen LogP contribution is 2.27. The van der Waals surface area contributed by atoms with Crippen LogP contribution in [-0.4, -0.2) is 50.2 Å². The van der Waals surface area contributed by atoms with Gasteiger partial charge >= 0.3 is 5.97 Å². The van der Waals surface area contributed by atoms with Crippen LogP contribution in [0.1, 0.15) is 29.8 Å². The topological polar surface area (TPSA) is 55.4 Å². The van der Waals surface area contributed by atoms with Crippen molar-refractivity contribution in [1.82, 2.24) is 0 Å². The minimum absolute atomic E-state index is 0.151. The Morgan fingerprint density at radius 2 is 1.95 bits per heavy atom. The Labute approximate surface area is 136 Å². The summed E-state index contributed by atoms with van der Waals surface area (Å²) in [4.78, 5) is 24.4. The molecule has 1 atom stereocenters. The van der Waals surface area contributed by atoms with Crippen LogP contribution in [0.25, 0.3) is 0 Å². The second-order valence-electron chi connectivity index (χ2n) is 5.90. The first-order valence-corrected chi connectivity index (χ1v) is 7.53. The van der Waals surface area contributed by atoms with E-state index >= 15 is 0 Å². The van der Waals surface area contributed by atoms with Crippen molar-refractivity contribution in [1.29, 1.82) is 0 Å². The highest BCUT2D eigenvalue weighted by molar-refractivity contribution is 6.31. The Bertz CT molecular complexity index is 585. The summed E-state index contributed by atoms with van der Waals surface area (Å²) in [6, 6.07) is 2.94. The second-order valence-corrected chi connectivity index (χ2v) is 6.33. The molecule has 6 heteroatoms. The average Bonchev–Trinajstić information content (AvgIpc) is 2.47. The summed E-state index contributed by atoms with van der Waals surface area (Å²) < 4.78 is 5.31. The van der Waals surface area contributed by atoms with Crippen molar-refractivity contribution in [2.24, 2.45) is 0 Å². The van der Waals surface area contributed by atoms with E-state index in [9.17, 15) is 9.59 Å². The van der Waals surface area contributed by atoms with Crippen LogP contribution >= 0.6 is 11.6 Å². The lowest BCUT2D eigenvalue weighted by molar-refractivity contribution is -0.902. The number of amides is 1. The number of anilines is 1. The minimum atomic E-state index is -0.530. The van der Waals surface area contributed by atoms with E-state index in [2.05, 4.69) is 5.32 Å². The number of carbonyl (C=O) groups is 2. The lowest BCUT2D eigenvalue weighted by atomic mass is 10.1. The van der Waals surface area contributed by atoms with E-state index in [4.69, 9.17) is 16.3 Å². The summed E-state index contributed by atoms with van der Waals surface area (Å²) in [6.45, 7) is 6.50. The molecule has 0 fully saturated rings. The van der Waals surface area contributed by atoms with Crippen LogP contribution in [0.3, 0.4) is 0 Å². The van der Waals surface area contributed by atoms with Crippen molar-refractivity contribution in [3.8, 4) is 0 Å². The van der Waals surface area contributed by atoms with Gasteiger partial charge in [-0.25, -0.2) is 4.79 Å². The number of likely N-dealkylation sites (N-methyl/N-ethyl adjacent to an activating group) is 1. The predicted octanol–water partition coefficient (Wildman–Crippen LogP) is 2.86. The van der Waals surface area contributed by atoms with Crippen LogP contribution in [-0.2, 0) is 9.53 Å².